The van der Waals surface area contributed by atoms with Crippen LogP contribution in [0.25, 0.3) is 0 Å². The van der Waals surface area contributed by atoms with E-state index in [4.69, 9.17) is 18.9 Å². The number of piperidine rings is 2. The van der Waals surface area contributed by atoms with Crippen LogP contribution >= 0.6 is 0 Å². The van der Waals surface area contributed by atoms with Gasteiger partial charge in [-0.25, -0.2) is 8.42 Å². The molecule has 0 aliphatic carbocycles. The van der Waals surface area contributed by atoms with E-state index in [1.807, 2.05) is 4.90 Å². The number of likely N-dealkylation sites (tertiary alicyclic amines) is 1. The first-order chi connectivity index (χ1) is 15.5. The molecule has 4 aliphatic rings. The Bertz CT molecular complexity index is 932. The van der Waals surface area contributed by atoms with Crippen LogP contribution in [0, 0.1) is 11.8 Å². The van der Waals surface area contributed by atoms with Gasteiger partial charge in [-0.3, -0.25) is 4.79 Å². The molecule has 5 rings (SSSR count). The molecule has 3 fully saturated rings. The van der Waals surface area contributed by atoms with E-state index in [1.165, 1.54) is 10.4 Å². The third kappa shape index (κ3) is 4.33. The van der Waals surface area contributed by atoms with Gasteiger partial charge < -0.3 is 23.8 Å². The molecule has 1 amide bonds. The van der Waals surface area contributed by atoms with Gasteiger partial charge >= 0.3 is 0 Å². The second-order valence-corrected chi connectivity index (χ2v) is 10.7. The second-order valence-electron chi connectivity index (χ2n) is 8.76. The topological polar surface area (TPSA) is 94.6 Å². The number of carbonyl (C=O) groups excluding carboxylic acids is 1. The number of benzene rings is 1. The minimum Gasteiger partial charge on any atom is -0.486 e. The molecule has 0 bridgehead atoms. The molecule has 4 heterocycles. The molecule has 9 nitrogen and oxygen atoms in total. The number of sulfonamides is 1. The molecular weight excluding hydrogens is 436 g/mol. The predicted molar refractivity (Wildman–Crippen MR) is 114 cm³/mol. The molecule has 1 aromatic rings. The van der Waals surface area contributed by atoms with Crippen molar-refractivity contribution < 1.29 is 32.2 Å². The van der Waals surface area contributed by atoms with Crippen molar-refractivity contribution in [3.63, 3.8) is 0 Å². The zero-order chi connectivity index (χ0) is 22.1. The van der Waals surface area contributed by atoms with Crippen LogP contribution in [0.3, 0.4) is 0 Å². The van der Waals surface area contributed by atoms with Gasteiger partial charge in [0.15, 0.2) is 17.8 Å². The summed E-state index contributed by atoms with van der Waals surface area (Å²) in [5.41, 5.74) is 0. The summed E-state index contributed by atoms with van der Waals surface area (Å²) < 4.78 is 50.0. The minimum atomic E-state index is -3.64. The van der Waals surface area contributed by atoms with E-state index in [1.54, 1.807) is 12.1 Å². The largest absolute Gasteiger partial charge is 0.486 e. The lowest BCUT2D eigenvalue weighted by Crippen LogP contribution is -2.47. The Kier molecular flexibility index (Phi) is 6.28. The molecule has 0 saturated carbocycles. The molecule has 0 radical (unpaired) electrons. The number of hydrogen-bond acceptors (Lipinski definition) is 7. The number of hydrogen-bond donors (Lipinski definition) is 0. The van der Waals surface area contributed by atoms with Crippen LogP contribution < -0.4 is 9.47 Å². The first kappa shape index (κ1) is 21.9. The van der Waals surface area contributed by atoms with Crippen molar-refractivity contribution in [3.8, 4) is 11.5 Å². The zero-order valence-corrected chi connectivity index (χ0v) is 18.9. The molecule has 0 aromatic heterocycles. The third-order valence-electron chi connectivity index (χ3n) is 6.84. The fraction of sp³-hybridized carbons (Fsp3) is 0.682. The highest BCUT2D eigenvalue weighted by atomic mass is 32.2. The molecule has 4 aliphatic heterocycles. The van der Waals surface area contributed by atoms with Crippen LogP contribution in [0.15, 0.2) is 23.1 Å². The van der Waals surface area contributed by atoms with Crippen molar-refractivity contribution >= 4 is 15.9 Å². The molecule has 0 atom stereocenters. The lowest BCUT2D eigenvalue weighted by Gasteiger charge is -2.37. The molecule has 0 unspecified atom stereocenters. The standard InChI is InChI=1S/C22H30N2O7S/c25-21(23-7-3-17(4-8-23)22-30-13-14-31-22)16-5-9-24(10-6-16)32(26,27)18-1-2-19-20(15-18)29-12-11-28-19/h1-2,15-17,22H,3-14H2. The van der Waals surface area contributed by atoms with E-state index in [0.29, 0.717) is 82.9 Å². The van der Waals surface area contributed by atoms with Gasteiger partial charge in [0, 0.05) is 44.1 Å². The van der Waals surface area contributed by atoms with Crippen molar-refractivity contribution in [1.82, 2.24) is 9.21 Å². The molecule has 176 valence electrons. The molecule has 10 heteroatoms. The fourth-order valence-corrected chi connectivity index (χ4v) is 6.46. The maximum atomic E-state index is 13.1. The number of fused-ring (bicyclic) bond motifs is 1. The monoisotopic (exact) mass is 466 g/mol. The summed E-state index contributed by atoms with van der Waals surface area (Å²) in [7, 11) is -3.64. The van der Waals surface area contributed by atoms with Crippen LogP contribution in [0.2, 0.25) is 0 Å². The highest BCUT2D eigenvalue weighted by Gasteiger charge is 2.37. The van der Waals surface area contributed by atoms with Crippen molar-refractivity contribution in [2.24, 2.45) is 11.8 Å². The Morgan fingerprint density at radius 3 is 2.19 bits per heavy atom. The highest BCUT2D eigenvalue weighted by Crippen LogP contribution is 2.34. The van der Waals surface area contributed by atoms with E-state index in [2.05, 4.69) is 0 Å². The van der Waals surface area contributed by atoms with Gasteiger partial charge in [-0.05, 0) is 37.8 Å². The first-order valence-electron chi connectivity index (χ1n) is 11.4. The van der Waals surface area contributed by atoms with Gasteiger partial charge in [0.2, 0.25) is 15.9 Å². The van der Waals surface area contributed by atoms with Crippen molar-refractivity contribution in [2.45, 2.75) is 36.9 Å². The Morgan fingerprint density at radius 2 is 1.50 bits per heavy atom. The third-order valence-corrected chi connectivity index (χ3v) is 8.73. The number of carbonyl (C=O) groups is 1. The SMILES string of the molecule is O=C(C1CCN(S(=O)(=O)c2ccc3c(c2)OCCO3)CC1)N1CCC(C2OCCO2)CC1. The Morgan fingerprint density at radius 1 is 0.844 bits per heavy atom. The predicted octanol–water partition coefficient (Wildman–Crippen LogP) is 1.47. The van der Waals surface area contributed by atoms with Crippen LogP contribution in [-0.2, 0) is 24.3 Å². The smallest absolute Gasteiger partial charge is 0.243 e. The van der Waals surface area contributed by atoms with Crippen molar-refractivity contribution in [2.75, 3.05) is 52.6 Å². The number of ether oxygens (including phenoxy) is 4. The zero-order valence-electron chi connectivity index (χ0n) is 18.1. The Balaban J connectivity index is 1.16. The maximum Gasteiger partial charge on any atom is 0.243 e. The van der Waals surface area contributed by atoms with Gasteiger partial charge in [0.1, 0.15) is 13.2 Å². The van der Waals surface area contributed by atoms with Gasteiger partial charge in [-0.15, -0.1) is 0 Å². The second kappa shape index (κ2) is 9.17. The minimum absolute atomic E-state index is 0.124. The van der Waals surface area contributed by atoms with Gasteiger partial charge in [-0.1, -0.05) is 0 Å². The number of amides is 1. The fourth-order valence-electron chi connectivity index (χ4n) is 4.98. The van der Waals surface area contributed by atoms with Gasteiger partial charge in [0.25, 0.3) is 0 Å². The summed E-state index contributed by atoms with van der Waals surface area (Å²) in [5.74, 6) is 1.39. The van der Waals surface area contributed by atoms with Crippen molar-refractivity contribution in [1.29, 1.82) is 0 Å². The van der Waals surface area contributed by atoms with E-state index < -0.39 is 10.0 Å². The summed E-state index contributed by atoms with van der Waals surface area (Å²) in [6, 6.07) is 4.73. The molecule has 1 aromatic carbocycles. The van der Waals surface area contributed by atoms with E-state index in [0.717, 1.165) is 12.8 Å². The first-order valence-corrected chi connectivity index (χ1v) is 12.9. The maximum absolute atomic E-state index is 13.1. The number of nitrogens with zero attached hydrogens (tertiary/aromatic N) is 2. The summed E-state index contributed by atoms with van der Waals surface area (Å²) in [6.07, 6.45) is 2.72. The summed E-state index contributed by atoms with van der Waals surface area (Å²) in [4.78, 5) is 15.2. The lowest BCUT2D eigenvalue weighted by atomic mass is 9.92. The quantitative estimate of drug-likeness (QED) is 0.663. The van der Waals surface area contributed by atoms with Gasteiger partial charge in [0.05, 0.1) is 18.1 Å². The normalized spacial score (nSPS) is 24.1. The van der Waals surface area contributed by atoms with E-state index in [-0.39, 0.29) is 23.0 Å². The van der Waals surface area contributed by atoms with Crippen LogP contribution in [-0.4, -0.2) is 82.4 Å². The van der Waals surface area contributed by atoms with Crippen LogP contribution in [0.4, 0.5) is 0 Å². The molecular formula is C22H30N2O7S. The van der Waals surface area contributed by atoms with Gasteiger partial charge in [-0.2, -0.15) is 4.31 Å². The Labute approximate surface area is 188 Å². The molecule has 32 heavy (non-hydrogen) atoms. The number of rotatable bonds is 4. The Hall–Kier alpha value is -1.88. The highest BCUT2D eigenvalue weighted by molar-refractivity contribution is 7.89. The summed E-state index contributed by atoms with van der Waals surface area (Å²) in [6.45, 7) is 4.27. The summed E-state index contributed by atoms with van der Waals surface area (Å²) >= 11 is 0. The van der Waals surface area contributed by atoms with Crippen LogP contribution in [0.5, 0.6) is 11.5 Å². The molecule has 0 N–H and O–H groups in total. The average molecular weight is 467 g/mol. The van der Waals surface area contributed by atoms with Crippen molar-refractivity contribution in [3.05, 3.63) is 18.2 Å². The van der Waals surface area contributed by atoms with Crippen LogP contribution in [0.1, 0.15) is 25.7 Å². The average Bonchev–Trinajstić information content (AvgIpc) is 3.38. The molecule has 0 spiro atoms. The lowest BCUT2D eigenvalue weighted by molar-refractivity contribution is -0.142. The van der Waals surface area contributed by atoms with E-state index in [9.17, 15) is 13.2 Å². The molecule has 3 saturated heterocycles. The van der Waals surface area contributed by atoms with E-state index >= 15 is 0 Å². The summed E-state index contributed by atoms with van der Waals surface area (Å²) in [5, 5.41) is 0.